The lowest BCUT2D eigenvalue weighted by molar-refractivity contribution is -0.940. The van der Waals surface area contributed by atoms with Gasteiger partial charge < -0.3 is 32.7 Å². The first-order chi connectivity index (χ1) is 20.0. The standard InChI is InChI=1S/C25H34NO6.C6H6O3S/c1-26(12-10-25(27)32-6)11-9-18-15-23(30-4)24(31-5)16-19(18)20(26)13-17-7-8-21(28-2)22(14-17)29-3;7-10(8,9)6-4-2-1-3-5-6/h7-8,14-16,20H,9-13H2,1-6H3;1-5H,(H,7,8,9)/q+1;/p-1/t20-,26+;/m1./s1. The molecule has 0 aromatic heterocycles. The number of carbonyl (C=O) groups excluding carboxylic acids is 1. The molecule has 0 unspecified atom stereocenters. The molecule has 3 aromatic rings. The second-order valence-corrected chi connectivity index (χ2v) is 11.5. The van der Waals surface area contributed by atoms with E-state index in [1.54, 1.807) is 34.5 Å². The van der Waals surface area contributed by atoms with Crippen molar-refractivity contribution in [2.75, 3.05) is 55.7 Å². The lowest BCUT2D eigenvalue weighted by Crippen LogP contribution is -2.53. The van der Waals surface area contributed by atoms with Gasteiger partial charge in [-0.15, -0.1) is 0 Å². The Labute approximate surface area is 248 Å². The zero-order chi connectivity index (χ0) is 30.9. The highest BCUT2D eigenvalue weighted by Gasteiger charge is 2.40. The van der Waals surface area contributed by atoms with E-state index in [2.05, 4.69) is 25.2 Å². The summed E-state index contributed by atoms with van der Waals surface area (Å²) in [5, 5.41) is 0. The summed E-state index contributed by atoms with van der Waals surface area (Å²) < 4.78 is 58.5. The molecule has 1 heterocycles. The average Bonchev–Trinajstić information content (AvgIpc) is 3.00. The van der Waals surface area contributed by atoms with Gasteiger partial charge in [0.2, 0.25) is 0 Å². The van der Waals surface area contributed by atoms with Crippen LogP contribution < -0.4 is 18.9 Å². The van der Waals surface area contributed by atoms with Crippen molar-refractivity contribution in [2.24, 2.45) is 0 Å². The topological polar surface area (TPSA) is 120 Å². The van der Waals surface area contributed by atoms with Crippen LogP contribution in [0.1, 0.15) is 29.2 Å². The molecule has 42 heavy (non-hydrogen) atoms. The Bertz CT molecular complexity index is 1460. The molecule has 0 fully saturated rings. The third-order valence-corrected chi connectivity index (χ3v) is 8.46. The number of benzene rings is 3. The first-order valence-corrected chi connectivity index (χ1v) is 14.8. The molecule has 1 aliphatic heterocycles. The number of likely N-dealkylation sites (N-methyl/N-ethyl adjacent to an activating group) is 1. The molecular weight excluding hydrogens is 562 g/mol. The van der Waals surface area contributed by atoms with Crippen molar-refractivity contribution in [3.05, 3.63) is 77.4 Å². The molecule has 0 saturated heterocycles. The van der Waals surface area contributed by atoms with E-state index in [1.165, 1.54) is 42.5 Å². The zero-order valence-electron chi connectivity index (χ0n) is 24.9. The van der Waals surface area contributed by atoms with Gasteiger partial charge in [0.15, 0.2) is 23.0 Å². The van der Waals surface area contributed by atoms with Gasteiger partial charge in [-0.3, -0.25) is 4.79 Å². The van der Waals surface area contributed by atoms with Crippen LogP contribution in [0.25, 0.3) is 0 Å². The van der Waals surface area contributed by atoms with E-state index in [1.807, 2.05) is 12.1 Å². The summed E-state index contributed by atoms with van der Waals surface area (Å²) in [6, 6.07) is 17.5. The number of hydrogen-bond acceptors (Lipinski definition) is 9. The Morgan fingerprint density at radius 3 is 2.00 bits per heavy atom. The fourth-order valence-corrected chi connectivity index (χ4v) is 5.69. The minimum absolute atomic E-state index is 0.126. The summed E-state index contributed by atoms with van der Waals surface area (Å²) in [5.74, 6) is 2.67. The van der Waals surface area contributed by atoms with Gasteiger partial charge >= 0.3 is 5.97 Å². The van der Waals surface area contributed by atoms with Crippen LogP contribution in [-0.4, -0.2) is 79.1 Å². The molecule has 0 bridgehead atoms. The van der Waals surface area contributed by atoms with Crippen LogP contribution in [0, 0.1) is 0 Å². The van der Waals surface area contributed by atoms with Gasteiger partial charge in [-0.05, 0) is 47.5 Å². The number of rotatable bonds is 10. The Balaban J connectivity index is 0.000000408. The first-order valence-electron chi connectivity index (χ1n) is 13.4. The van der Waals surface area contributed by atoms with Crippen LogP contribution in [-0.2, 0) is 32.5 Å². The molecule has 0 aliphatic carbocycles. The maximum Gasteiger partial charge on any atom is 0.311 e. The number of hydrogen-bond donors (Lipinski definition) is 0. The first kappa shape index (κ1) is 32.7. The highest BCUT2D eigenvalue weighted by atomic mass is 32.2. The Morgan fingerprint density at radius 2 is 1.45 bits per heavy atom. The van der Waals surface area contributed by atoms with Crippen molar-refractivity contribution in [3.8, 4) is 23.0 Å². The zero-order valence-corrected chi connectivity index (χ0v) is 25.7. The number of quaternary nitrogens is 1. The fraction of sp³-hybridized carbons (Fsp3) is 0.387. The van der Waals surface area contributed by atoms with Crippen LogP contribution >= 0.6 is 0 Å². The molecule has 10 nitrogen and oxygen atoms in total. The maximum atomic E-state index is 11.9. The van der Waals surface area contributed by atoms with E-state index in [0.717, 1.165) is 35.2 Å². The minimum atomic E-state index is -4.25. The summed E-state index contributed by atoms with van der Waals surface area (Å²) in [7, 11) is 5.99. The van der Waals surface area contributed by atoms with Crippen molar-refractivity contribution < 1.29 is 45.9 Å². The van der Waals surface area contributed by atoms with E-state index in [4.69, 9.17) is 23.7 Å². The van der Waals surface area contributed by atoms with Gasteiger partial charge in [-0.1, -0.05) is 24.3 Å². The molecule has 0 radical (unpaired) electrons. The van der Waals surface area contributed by atoms with E-state index < -0.39 is 10.1 Å². The van der Waals surface area contributed by atoms with Gasteiger partial charge in [0, 0.05) is 18.4 Å². The summed E-state index contributed by atoms with van der Waals surface area (Å²) in [6.07, 6.45) is 2.05. The van der Waals surface area contributed by atoms with Gasteiger partial charge in [0.25, 0.3) is 0 Å². The molecule has 0 amide bonds. The minimum Gasteiger partial charge on any atom is -0.744 e. The van der Waals surface area contributed by atoms with Crippen molar-refractivity contribution >= 4 is 16.1 Å². The highest BCUT2D eigenvalue weighted by molar-refractivity contribution is 7.85. The fourth-order valence-electron chi connectivity index (χ4n) is 5.20. The molecule has 228 valence electrons. The normalized spacial score (nSPS) is 17.6. The summed E-state index contributed by atoms with van der Waals surface area (Å²) in [5.41, 5.74) is 3.61. The molecule has 3 aromatic carbocycles. The molecule has 0 N–H and O–H groups in total. The van der Waals surface area contributed by atoms with Gasteiger partial charge in [-0.25, -0.2) is 8.42 Å². The van der Waals surface area contributed by atoms with Gasteiger partial charge in [0.05, 0.1) is 67.0 Å². The number of fused-ring (bicyclic) bond motifs is 1. The third-order valence-electron chi connectivity index (χ3n) is 7.61. The monoisotopic (exact) mass is 601 g/mol. The molecule has 4 rings (SSSR count). The van der Waals surface area contributed by atoms with Crippen LogP contribution in [0.5, 0.6) is 23.0 Å². The average molecular weight is 602 g/mol. The SMILES string of the molecule is COC(=O)CC[N@+]1(C)CCc2cc(OC)c(OC)cc2[C@H]1Cc1ccc(OC)c(OC)c1.O=S(=O)([O-])c1ccccc1. The number of esters is 1. The largest absolute Gasteiger partial charge is 0.744 e. The molecular formula is C31H39NO9S. The third kappa shape index (κ3) is 7.93. The van der Waals surface area contributed by atoms with Crippen LogP contribution in [0.3, 0.4) is 0 Å². The summed E-state index contributed by atoms with van der Waals surface area (Å²) in [6.45, 7) is 1.61. The van der Waals surface area contributed by atoms with E-state index in [0.29, 0.717) is 30.2 Å². The maximum absolute atomic E-state index is 11.9. The Morgan fingerprint density at radius 1 is 0.857 bits per heavy atom. The smallest absolute Gasteiger partial charge is 0.311 e. The van der Waals surface area contributed by atoms with Crippen LogP contribution in [0.4, 0.5) is 0 Å². The molecule has 0 saturated carbocycles. The van der Waals surface area contributed by atoms with Crippen molar-refractivity contribution in [1.29, 1.82) is 0 Å². The van der Waals surface area contributed by atoms with Crippen LogP contribution in [0.15, 0.2) is 65.6 Å². The summed E-state index contributed by atoms with van der Waals surface area (Å²) in [4.78, 5) is 11.8. The quantitative estimate of drug-likeness (QED) is 0.192. The van der Waals surface area contributed by atoms with Crippen molar-refractivity contribution in [1.82, 2.24) is 0 Å². The van der Waals surface area contributed by atoms with Gasteiger partial charge in [-0.2, -0.15) is 0 Å². The van der Waals surface area contributed by atoms with E-state index in [9.17, 15) is 17.8 Å². The van der Waals surface area contributed by atoms with Gasteiger partial charge in [0.1, 0.15) is 16.2 Å². The number of methoxy groups -OCH3 is 5. The number of nitrogens with zero attached hydrogens (tertiary/aromatic N) is 1. The second-order valence-electron chi connectivity index (χ2n) is 10.1. The molecule has 1 aliphatic rings. The van der Waals surface area contributed by atoms with Crippen molar-refractivity contribution in [2.45, 2.75) is 30.2 Å². The molecule has 11 heteroatoms. The Hall–Kier alpha value is -3.80. The molecule has 0 spiro atoms. The Kier molecular flexibility index (Phi) is 11.2. The summed E-state index contributed by atoms with van der Waals surface area (Å²) >= 11 is 0. The highest BCUT2D eigenvalue weighted by Crippen LogP contribution is 2.43. The van der Waals surface area contributed by atoms with Crippen LogP contribution in [0.2, 0.25) is 0 Å². The van der Waals surface area contributed by atoms with E-state index >= 15 is 0 Å². The number of carbonyl (C=O) groups is 1. The lowest BCUT2D eigenvalue weighted by atomic mass is 9.86. The predicted molar refractivity (Wildman–Crippen MR) is 156 cm³/mol. The van der Waals surface area contributed by atoms with E-state index in [-0.39, 0.29) is 16.9 Å². The molecule has 2 atom stereocenters. The number of ether oxygens (including phenoxy) is 5. The predicted octanol–water partition coefficient (Wildman–Crippen LogP) is 4.16. The van der Waals surface area contributed by atoms with Crippen molar-refractivity contribution in [3.63, 3.8) is 0 Å². The lowest BCUT2D eigenvalue weighted by Gasteiger charge is -2.46. The second kappa shape index (κ2) is 14.4.